The largest absolute Gasteiger partial charge is 0.480 e. The Morgan fingerprint density at radius 1 is 0.533 bits per heavy atom. The van der Waals surface area contributed by atoms with Crippen molar-refractivity contribution in [2.75, 3.05) is 19.8 Å². The Kier molecular flexibility index (Phi) is 39.6. The number of allylic oxidation sites excluding steroid dienone is 16. The molecule has 0 fully saturated rings. The number of unbranched alkanes of at least 4 members (excludes halogenated alkanes) is 10. The Bertz CT molecular complexity index is 1380. The van der Waals surface area contributed by atoms with E-state index < -0.39 is 51.1 Å². The van der Waals surface area contributed by atoms with E-state index in [-0.39, 0.29) is 19.4 Å². The summed E-state index contributed by atoms with van der Waals surface area (Å²) < 4.78 is 32.6. The Morgan fingerprint density at radius 3 is 1.47 bits per heavy atom. The van der Waals surface area contributed by atoms with Gasteiger partial charge in [-0.2, -0.15) is 0 Å². The highest BCUT2D eigenvalue weighted by Gasteiger charge is 2.28. The maximum Gasteiger partial charge on any atom is 0.472 e. The van der Waals surface area contributed by atoms with E-state index in [4.69, 9.17) is 24.8 Å². The zero-order valence-corrected chi connectivity index (χ0v) is 37.6. The maximum atomic E-state index is 12.6. The molecule has 0 radical (unpaired) electrons. The van der Waals surface area contributed by atoms with Crippen molar-refractivity contribution < 1.29 is 47.5 Å². The molecule has 0 rings (SSSR count). The number of hydrogen-bond acceptors (Lipinski definition) is 9. The number of phosphoric acid groups is 1. The molecule has 0 aromatic carbocycles. The Hall–Kier alpha value is -3.60. The second-order valence-corrected chi connectivity index (χ2v) is 15.9. The van der Waals surface area contributed by atoms with Gasteiger partial charge in [-0.3, -0.25) is 23.4 Å². The van der Waals surface area contributed by atoms with Gasteiger partial charge < -0.3 is 25.2 Å². The molecule has 4 N–H and O–H groups in total. The lowest BCUT2D eigenvalue weighted by Crippen LogP contribution is -2.34. The maximum absolute atomic E-state index is 12.6. The number of ether oxygens (including phenoxy) is 2. The molecule has 0 heterocycles. The summed E-state index contributed by atoms with van der Waals surface area (Å²) in [6, 6.07) is -1.54. The predicted octanol–water partition coefficient (Wildman–Crippen LogP) is 12.1. The van der Waals surface area contributed by atoms with E-state index >= 15 is 0 Å². The number of rotatable bonds is 40. The fraction of sp³-hybridized carbons (Fsp3) is 0.604. The molecule has 0 spiro atoms. The average Bonchev–Trinajstić information content (AvgIpc) is 3.22. The molecule has 0 aliphatic carbocycles. The van der Waals surface area contributed by atoms with Crippen LogP contribution >= 0.6 is 7.82 Å². The summed E-state index contributed by atoms with van der Waals surface area (Å²) in [4.78, 5) is 46.0. The first-order valence-electron chi connectivity index (χ1n) is 22.3. The van der Waals surface area contributed by atoms with E-state index in [1.54, 1.807) is 0 Å². The molecule has 11 nitrogen and oxygen atoms in total. The number of nitrogens with two attached hydrogens (primary N) is 1. The topological polar surface area (TPSA) is 172 Å². The van der Waals surface area contributed by atoms with Crippen molar-refractivity contribution in [1.82, 2.24) is 0 Å². The van der Waals surface area contributed by atoms with Gasteiger partial charge in [-0.25, -0.2) is 4.57 Å². The van der Waals surface area contributed by atoms with Crippen molar-refractivity contribution >= 4 is 25.7 Å². The van der Waals surface area contributed by atoms with Gasteiger partial charge in [0.15, 0.2) is 6.10 Å². The molecular formula is C48H78NO10P. The molecule has 0 bridgehead atoms. The van der Waals surface area contributed by atoms with E-state index in [9.17, 15) is 23.8 Å². The minimum absolute atomic E-state index is 0.0287. The highest BCUT2D eigenvalue weighted by molar-refractivity contribution is 7.47. The van der Waals surface area contributed by atoms with Crippen molar-refractivity contribution in [2.45, 2.75) is 167 Å². The molecule has 0 saturated carbocycles. The van der Waals surface area contributed by atoms with Crippen LogP contribution in [0.25, 0.3) is 0 Å². The summed E-state index contributed by atoms with van der Waals surface area (Å²) >= 11 is 0. The van der Waals surface area contributed by atoms with E-state index in [0.29, 0.717) is 19.3 Å². The minimum atomic E-state index is -4.75. The fourth-order valence-corrected chi connectivity index (χ4v) is 6.13. The number of carboxylic acid groups (broad SMARTS) is 1. The van der Waals surface area contributed by atoms with Crippen LogP contribution in [0.4, 0.5) is 0 Å². The van der Waals surface area contributed by atoms with E-state index in [2.05, 4.69) is 97.4 Å². The SMILES string of the molecule is CC/C=C/C/C=C/C/C=C/C/C=C/C/C=C/C/C=C/CCC(=O)O[C@H](COC(=O)CCCCCCCCC/C=C/C/C=C/CCCCC)COP(=O)(O)OC[C@H](N)C(=O)O. The summed E-state index contributed by atoms with van der Waals surface area (Å²) in [5.74, 6) is -2.51. The van der Waals surface area contributed by atoms with E-state index in [1.165, 1.54) is 38.5 Å². The van der Waals surface area contributed by atoms with Crippen LogP contribution < -0.4 is 5.73 Å². The lowest BCUT2D eigenvalue weighted by Gasteiger charge is -2.20. The molecule has 340 valence electrons. The van der Waals surface area contributed by atoms with Gasteiger partial charge in [0.2, 0.25) is 0 Å². The number of aliphatic carboxylic acids is 1. The Morgan fingerprint density at radius 2 is 0.967 bits per heavy atom. The van der Waals surface area contributed by atoms with Crippen LogP contribution in [0, 0.1) is 0 Å². The monoisotopic (exact) mass is 860 g/mol. The number of phosphoric ester groups is 1. The van der Waals surface area contributed by atoms with Crippen LogP contribution in [0.15, 0.2) is 97.2 Å². The van der Waals surface area contributed by atoms with Gasteiger partial charge in [0.25, 0.3) is 0 Å². The second kappa shape index (κ2) is 42.1. The molecule has 0 aliphatic heterocycles. The predicted molar refractivity (Wildman–Crippen MR) is 244 cm³/mol. The first-order chi connectivity index (χ1) is 29.1. The summed E-state index contributed by atoms with van der Waals surface area (Å²) in [5, 5.41) is 8.89. The smallest absolute Gasteiger partial charge is 0.472 e. The van der Waals surface area contributed by atoms with E-state index in [0.717, 1.165) is 70.6 Å². The van der Waals surface area contributed by atoms with Crippen LogP contribution in [0.3, 0.4) is 0 Å². The van der Waals surface area contributed by atoms with Crippen molar-refractivity contribution in [1.29, 1.82) is 0 Å². The lowest BCUT2D eigenvalue weighted by atomic mass is 10.1. The first kappa shape index (κ1) is 56.4. The van der Waals surface area contributed by atoms with Crippen LogP contribution in [0.5, 0.6) is 0 Å². The van der Waals surface area contributed by atoms with Crippen molar-refractivity contribution in [3.63, 3.8) is 0 Å². The van der Waals surface area contributed by atoms with Gasteiger partial charge in [-0.05, 0) is 83.5 Å². The standard InChI is InChI=1S/C48H78NO10P/c1-3-5-7-9-11-13-15-17-19-21-22-24-26-28-30-32-34-36-38-40-47(51)59-44(42-57-60(54,55)58-43-45(49)48(52)53)41-56-46(50)39-37-35-33-31-29-27-25-23-20-18-16-14-12-10-8-6-4-2/h5,7,11-14,17-20,22,24,28,30,34,36,44-45H,3-4,6,8-10,15-16,21,23,25-27,29,31-33,35,37-43,49H2,1-2H3,(H,52,53)(H,54,55)/b7-5+,13-11+,14-12+,19-17+,20-18+,24-22+,30-28+,36-34+/t44-,45+/m1/s1. The van der Waals surface area contributed by atoms with Gasteiger partial charge in [0.1, 0.15) is 12.6 Å². The second-order valence-electron chi connectivity index (χ2n) is 14.4. The van der Waals surface area contributed by atoms with Crippen molar-refractivity contribution in [2.24, 2.45) is 5.73 Å². The van der Waals surface area contributed by atoms with Crippen molar-refractivity contribution in [3.05, 3.63) is 97.2 Å². The zero-order valence-electron chi connectivity index (χ0n) is 36.8. The zero-order chi connectivity index (χ0) is 44.2. The lowest BCUT2D eigenvalue weighted by molar-refractivity contribution is -0.161. The van der Waals surface area contributed by atoms with Gasteiger partial charge in [-0.15, -0.1) is 0 Å². The van der Waals surface area contributed by atoms with Crippen molar-refractivity contribution in [3.8, 4) is 0 Å². The molecule has 0 amide bonds. The normalized spacial score (nSPS) is 14.6. The molecule has 0 aromatic heterocycles. The Balaban J connectivity index is 4.51. The van der Waals surface area contributed by atoms with Crippen LogP contribution in [0.2, 0.25) is 0 Å². The average molecular weight is 860 g/mol. The van der Waals surface area contributed by atoms with E-state index in [1.807, 2.05) is 18.2 Å². The number of carbonyl (C=O) groups excluding carboxylic acids is 2. The molecule has 0 saturated heterocycles. The minimum Gasteiger partial charge on any atom is -0.480 e. The van der Waals surface area contributed by atoms with Gasteiger partial charge in [0, 0.05) is 12.8 Å². The number of esters is 2. The third kappa shape index (κ3) is 41.1. The van der Waals surface area contributed by atoms with Crippen LogP contribution in [0.1, 0.15) is 155 Å². The summed E-state index contributed by atoms with van der Waals surface area (Å²) in [7, 11) is -4.75. The highest BCUT2D eigenvalue weighted by Crippen LogP contribution is 2.43. The van der Waals surface area contributed by atoms with Gasteiger partial charge >= 0.3 is 25.7 Å². The number of hydrogen-bond donors (Lipinski definition) is 3. The molecule has 12 heteroatoms. The molecule has 3 atom stereocenters. The fourth-order valence-electron chi connectivity index (χ4n) is 5.35. The number of carbonyl (C=O) groups is 3. The summed E-state index contributed by atoms with van der Waals surface area (Å²) in [6.45, 7) is 2.56. The third-order valence-corrected chi connectivity index (χ3v) is 9.78. The number of carboxylic acids is 1. The Labute approximate surface area is 362 Å². The quantitative estimate of drug-likeness (QED) is 0.0232. The van der Waals surface area contributed by atoms with Crippen LogP contribution in [-0.4, -0.2) is 59.9 Å². The first-order valence-corrected chi connectivity index (χ1v) is 23.8. The highest BCUT2D eigenvalue weighted by atomic mass is 31.2. The molecular weight excluding hydrogens is 781 g/mol. The summed E-state index contributed by atoms with van der Waals surface area (Å²) in [5.41, 5.74) is 5.33. The molecule has 60 heavy (non-hydrogen) atoms. The molecule has 0 aliphatic rings. The molecule has 1 unspecified atom stereocenters. The van der Waals surface area contributed by atoms with Crippen LogP contribution in [-0.2, 0) is 37.5 Å². The third-order valence-electron chi connectivity index (χ3n) is 8.83. The van der Waals surface area contributed by atoms with Gasteiger partial charge in [-0.1, -0.05) is 156 Å². The summed E-state index contributed by atoms with van der Waals surface area (Å²) in [6.07, 6.45) is 53.4. The van der Waals surface area contributed by atoms with Gasteiger partial charge in [0.05, 0.1) is 13.2 Å². The molecule has 0 aromatic rings.